The van der Waals surface area contributed by atoms with E-state index in [0.717, 1.165) is 6.26 Å². The summed E-state index contributed by atoms with van der Waals surface area (Å²) in [5.41, 5.74) is 6.29. The number of hydrogen-bond acceptors (Lipinski definition) is 5. The van der Waals surface area contributed by atoms with Crippen molar-refractivity contribution in [2.75, 3.05) is 19.3 Å². The summed E-state index contributed by atoms with van der Waals surface area (Å²) >= 11 is 0. The number of nitrogens with two attached hydrogens (primary N) is 1. The molecule has 0 aliphatic carbocycles. The Morgan fingerprint density at radius 3 is 2.19 bits per heavy atom. The third-order valence-corrected chi connectivity index (χ3v) is 5.91. The number of benzene rings is 1. The van der Waals surface area contributed by atoms with Crippen molar-refractivity contribution in [3.05, 3.63) is 29.8 Å². The Kier molecular flexibility index (Phi) is 5.79. The molecule has 0 amide bonds. The molecule has 2 rings (SSSR count). The highest BCUT2D eigenvalue weighted by atomic mass is 35.5. The van der Waals surface area contributed by atoms with Crippen molar-refractivity contribution in [2.24, 2.45) is 5.73 Å². The van der Waals surface area contributed by atoms with Gasteiger partial charge >= 0.3 is 0 Å². The van der Waals surface area contributed by atoms with Gasteiger partial charge in [-0.1, -0.05) is 12.1 Å². The van der Waals surface area contributed by atoms with Crippen molar-refractivity contribution in [3.8, 4) is 0 Å². The molecule has 1 aliphatic rings. The molecule has 120 valence electrons. The number of sulfone groups is 1. The molecule has 0 radical (unpaired) electrons. The second-order valence-electron chi connectivity index (χ2n) is 5.13. The van der Waals surface area contributed by atoms with Gasteiger partial charge in [-0.25, -0.2) is 16.8 Å². The summed E-state index contributed by atoms with van der Waals surface area (Å²) in [6, 6.07) is 5.84. The van der Waals surface area contributed by atoms with E-state index >= 15 is 0 Å². The molecule has 0 saturated carbocycles. The largest absolute Gasteiger partial charge is 0.326 e. The lowest BCUT2D eigenvalue weighted by Gasteiger charge is -2.16. The van der Waals surface area contributed by atoms with Crippen molar-refractivity contribution < 1.29 is 16.8 Å². The zero-order valence-corrected chi connectivity index (χ0v) is 14.0. The molecule has 1 fully saturated rings. The van der Waals surface area contributed by atoms with Crippen LogP contribution in [0.3, 0.4) is 0 Å². The van der Waals surface area contributed by atoms with Crippen LogP contribution >= 0.6 is 12.4 Å². The summed E-state index contributed by atoms with van der Waals surface area (Å²) in [7, 11) is -6.65. The molecule has 0 aromatic heterocycles. The lowest BCUT2D eigenvalue weighted by Crippen LogP contribution is -2.31. The fourth-order valence-corrected chi connectivity index (χ4v) is 4.49. The van der Waals surface area contributed by atoms with Gasteiger partial charge in [-0.3, -0.25) is 0 Å². The minimum Gasteiger partial charge on any atom is -0.326 e. The molecule has 6 nitrogen and oxygen atoms in total. The van der Waals surface area contributed by atoms with E-state index in [0.29, 0.717) is 25.1 Å². The maximum Gasteiger partial charge on any atom is 0.243 e. The Balaban J connectivity index is 0.00000220. The van der Waals surface area contributed by atoms with Gasteiger partial charge in [0.2, 0.25) is 10.0 Å². The first kappa shape index (κ1) is 18.4. The van der Waals surface area contributed by atoms with E-state index in [1.165, 1.54) is 28.6 Å². The molecule has 9 heteroatoms. The van der Waals surface area contributed by atoms with Crippen molar-refractivity contribution in [2.45, 2.75) is 23.1 Å². The maximum atomic E-state index is 12.3. The zero-order chi connectivity index (χ0) is 15.0. The summed E-state index contributed by atoms with van der Waals surface area (Å²) in [6.07, 6.45) is 1.80. The summed E-state index contributed by atoms with van der Waals surface area (Å²) in [5.74, 6) is -0.0953. The van der Waals surface area contributed by atoms with E-state index in [2.05, 4.69) is 0 Å². The fourth-order valence-electron chi connectivity index (χ4n) is 2.18. The standard InChI is InChI=1S/C12H18N2O4S2.ClH/c1-19(15,16)9-10-2-4-12(5-3-10)20(17,18)14-7-6-11(13)8-14;/h2-5,11H,6-9,13H2,1H3;1H. The third kappa shape index (κ3) is 4.65. The summed E-state index contributed by atoms with van der Waals surface area (Å²) in [4.78, 5) is 0.170. The SMILES string of the molecule is CS(=O)(=O)Cc1ccc(S(=O)(=O)N2CCC(N)C2)cc1.Cl. The minimum atomic E-state index is -3.53. The quantitative estimate of drug-likeness (QED) is 0.842. The Labute approximate surface area is 131 Å². The summed E-state index contributed by atoms with van der Waals surface area (Å²) < 4.78 is 48.4. The predicted molar refractivity (Wildman–Crippen MR) is 83.6 cm³/mol. The number of nitrogens with zero attached hydrogens (tertiary/aromatic N) is 1. The van der Waals surface area contributed by atoms with E-state index in [9.17, 15) is 16.8 Å². The normalized spacial score (nSPS) is 20.2. The molecule has 1 saturated heterocycles. The van der Waals surface area contributed by atoms with Crippen LogP contribution in [-0.4, -0.2) is 46.5 Å². The van der Waals surface area contributed by atoms with Crippen LogP contribution in [0.5, 0.6) is 0 Å². The fraction of sp³-hybridized carbons (Fsp3) is 0.500. The van der Waals surface area contributed by atoms with Gasteiger partial charge in [0.15, 0.2) is 9.84 Å². The number of sulfonamides is 1. The molecular formula is C12H19ClN2O4S2. The molecule has 0 bridgehead atoms. The molecule has 0 spiro atoms. The van der Waals surface area contributed by atoms with Gasteiger partial charge in [0, 0.05) is 25.4 Å². The number of halogens is 1. The van der Waals surface area contributed by atoms with Gasteiger partial charge in [0.1, 0.15) is 0 Å². The highest BCUT2D eigenvalue weighted by molar-refractivity contribution is 7.90. The van der Waals surface area contributed by atoms with Crippen LogP contribution in [0, 0.1) is 0 Å². The highest BCUT2D eigenvalue weighted by Gasteiger charge is 2.30. The Morgan fingerprint density at radius 2 is 1.76 bits per heavy atom. The molecule has 1 aromatic rings. The van der Waals surface area contributed by atoms with Gasteiger partial charge in [0.05, 0.1) is 10.6 Å². The second kappa shape index (κ2) is 6.62. The van der Waals surface area contributed by atoms with Crippen molar-refractivity contribution in [3.63, 3.8) is 0 Å². The van der Waals surface area contributed by atoms with Crippen LogP contribution in [0.4, 0.5) is 0 Å². The van der Waals surface area contributed by atoms with E-state index in [-0.39, 0.29) is 29.1 Å². The lowest BCUT2D eigenvalue weighted by atomic mass is 10.2. The summed E-state index contributed by atoms with van der Waals surface area (Å²) in [5, 5.41) is 0. The smallest absolute Gasteiger partial charge is 0.243 e. The van der Waals surface area contributed by atoms with E-state index in [4.69, 9.17) is 5.73 Å². The van der Waals surface area contributed by atoms with Crippen LogP contribution in [0.25, 0.3) is 0 Å². The average molecular weight is 355 g/mol. The Bertz CT molecular complexity index is 686. The van der Waals surface area contributed by atoms with E-state index in [1.807, 2.05) is 0 Å². The summed E-state index contributed by atoms with van der Waals surface area (Å²) in [6.45, 7) is 0.752. The maximum absolute atomic E-state index is 12.3. The highest BCUT2D eigenvalue weighted by Crippen LogP contribution is 2.21. The molecule has 21 heavy (non-hydrogen) atoms. The first-order valence-corrected chi connectivity index (χ1v) is 9.71. The molecule has 1 unspecified atom stereocenters. The average Bonchev–Trinajstić information content (AvgIpc) is 2.75. The van der Waals surface area contributed by atoms with Gasteiger partial charge in [-0.05, 0) is 24.1 Å². The van der Waals surface area contributed by atoms with Crippen LogP contribution in [0.15, 0.2) is 29.2 Å². The van der Waals surface area contributed by atoms with Crippen molar-refractivity contribution >= 4 is 32.3 Å². The lowest BCUT2D eigenvalue weighted by molar-refractivity contribution is 0.472. The van der Waals surface area contributed by atoms with E-state index in [1.54, 1.807) is 0 Å². The minimum absolute atomic E-state index is 0. The molecule has 2 N–H and O–H groups in total. The number of rotatable bonds is 4. The van der Waals surface area contributed by atoms with Gasteiger partial charge in [-0.2, -0.15) is 4.31 Å². The first-order chi connectivity index (χ1) is 9.18. The Morgan fingerprint density at radius 1 is 1.19 bits per heavy atom. The molecule has 1 heterocycles. The topological polar surface area (TPSA) is 97.5 Å². The molecule has 1 aromatic carbocycles. The second-order valence-corrected chi connectivity index (χ2v) is 9.20. The van der Waals surface area contributed by atoms with Gasteiger partial charge in [-0.15, -0.1) is 12.4 Å². The molecule has 1 aliphatic heterocycles. The van der Waals surface area contributed by atoms with Crippen molar-refractivity contribution in [1.82, 2.24) is 4.31 Å². The van der Waals surface area contributed by atoms with Gasteiger partial charge in [0.25, 0.3) is 0 Å². The monoisotopic (exact) mass is 354 g/mol. The third-order valence-electron chi connectivity index (χ3n) is 3.18. The van der Waals surface area contributed by atoms with E-state index < -0.39 is 19.9 Å². The van der Waals surface area contributed by atoms with Crippen LogP contribution in [-0.2, 0) is 25.6 Å². The van der Waals surface area contributed by atoms with Crippen molar-refractivity contribution in [1.29, 1.82) is 0 Å². The van der Waals surface area contributed by atoms with Crippen LogP contribution in [0.2, 0.25) is 0 Å². The predicted octanol–water partition coefficient (Wildman–Crippen LogP) is 0.375. The van der Waals surface area contributed by atoms with Crippen LogP contribution < -0.4 is 5.73 Å². The molecule has 1 atom stereocenters. The first-order valence-electron chi connectivity index (χ1n) is 6.21. The molecular weight excluding hydrogens is 336 g/mol. The van der Waals surface area contributed by atoms with Gasteiger partial charge < -0.3 is 5.73 Å². The zero-order valence-electron chi connectivity index (χ0n) is 11.6. The Hall–Kier alpha value is -0.670. The number of hydrogen-bond donors (Lipinski definition) is 1. The van der Waals surface area contributed by atoms with Crippen LogP contribution in [0.1, 0.15) is 12.0 Å².